The number of carbonyl (C=O) groups excluding carboxylic acids is 2. The molecular weight excluding hydrogens is 454 g/mol. The topological polar surface area (TPSA) is 116 Å². The van der Waals surface area contributed by atoms with Crippen LogP contribution < -0.4 is 14.9 Å². The number of sulfonamides is 1. The summed E-state index contributed by atoms with van der Waals surface area (Å²) >= 11 is 0. The van der Waals surface area contributed by atoms with Crippen molar-refractivity contribution in [2.75, 3.05) is 10.2 Å². The van der Waals surface area contributed by atoms with Crippen LogP contribution >= 0.6 is 0 Å². The predicted molar refractivity (Wildman–Crippen MR) is 131 cm³/mol. The highest BCUT2D eigenvalue weighted by Gasteiger charge is 2.37. The van der Waals surface area contributed by atoms with Crippen LogP contribution in [-0.2, 0) is 10.0 Å². The molecule has 0 aromatic heterocycles. The maximum Gasteiger partial charge on any atom is 0.266 e. The summed E-state index contributed by atoms with van der Waals surface area (Å²) in [5.74, 6) is -0.799. The third-order valence-corrected chi connectivity index (χ3v) is 8.57. The Hall–Kier alpha value is -2.75. The van der Waals surface area contributed by atoms with E-state index in [1.54, 1.807) is 44.2 Å². The predicted octanol–water partition coefficient (Wildman–Crippen LogP) is 3.41. The van der Waals surface area contributed by atoms with Gasteiger partial charge in [-0.3, -0.25) is 9.59 Å². The molecule has 2 aliphatic rings. The van der Waals surface area contributed by atoms with Crippen LogP contribution in [-0.4, -0.2) is 42.9 Å². The molecule has 0 spiro atoms. The van der Waals surface area contributed by atoms with Crippen LogP contribution in [0.15, 0.2) is 42.5 Å². The van der Waals surface area contributed by atoms with Crippen LogP contribution in [0.1, 0.15) is 65.8 Å². The Bertz CT molecular complexity index is 1190. The number of imide groups is 1. The molecule has 4 rings (SSSR count). The van der Waals surface area contributed by atoms with Gasteiger partial charge in [0.25, 0.3) is 11.8 Å². The van der Waals surface area contributed by atoms with Gasteiger partial charge in [-0.25, -0.2) is 18.0 Å². The first-order chi connectivity index (χ1) is 16.1. The van der Waals surface area contributed by atoms with Crippen LogP contribution in [0.5, 0.6) is 0 Å². The minimum atomic E-state index is -3.32. The molecule has 0 saturated heterocycles. The monoisotopic (exact) mass is 485 g/mol. The zero-order chi connectivity index (χ0) is 24.6. The van der Waals surface area contributed by atoms with Crippen molar-refractivity contribution in [1.29, 1.82) is 0 Å². The summed E-state index contributed by atoms with van der Waals surface area (Å²) in [5, 5.41) is 13.3. The minimum Gasteiger partial charge on any atom is -0.374 e. The van der Waals surface area contributed by atoms with Gasteiger partial charge in [0.2, 0.25) is 10.0 Å². The molecule has 2 aromatic carbocycles. The van der Waals surface area contributed by atoms with Crippen molar-refractivity contribution in [2.24, 2.45) is 5.92 Å². The van der Waals surface area contributed by atoms with Gasteiger partial charge in [0.05, 0.1) is 22.1 Å². The number of nitrogens with zero attached hydrogens (tertiary/aromatic N) is 1. The summed E-state index contributed by atoms with van der Waals surface area (Å²) in [6, 6.07) is 12.0. The number of rotatable bonds is 7. The fourth-order valence-electron chi connectivity index (χ4n) is 4.47. The van der Waals surface area contributed by atoms with Crippen LogP contribution in [0.3, 0.4) is 0 Å². The first-order valence-electron chi connectivity index (χ1n) is 11.6. The molecule has 0 bridgehead atoms. The Kier molecular flexibility index (Phi) is 6.80. The fourth-order valence-corrected chi connectivity index (χ4v) is 5.44. The van der Waals surface area contributed by atoms with Gasteiger partial charge >= 0.3 is 0 Å². The number of anilines is 2. The molecule has 9 heteroatoms. The number of hydrogen-bond acceptors (Lipinski definition) is 6. The molecule has 1 aliphatic carbocycles. The molecule has 0 radical (unpaired) electrons. The van der Waals surface area contributed by atoms with Crippen molar-refractivity contribution < 1.29 is 23.1 Å². The van der Waals surface area contributed by atoms with Gasteiger partial charge < -0.3 is 10.4 Å². The average Bonchev–Trinajstić information content (AvgIpc) is 3.04. The highest BCUT2D eigenvalue weighted by atomic mass is 32.2. The van der Waals surface area contributed by atoms with Gasteiger partial charge in [0, 0.05) is 17.6 Å². The zero-order valence-corrected chi connectivity index (χ0v) is 20.4. The van der Waals surface area contributed by atoms with Crippen molar-refractivity contribution in [2.45, 2.75) is 64.0 Å². The first-order valence-corrected chi connectivity index (χ1v) is 13.2. The van der Waals surface area contributed by atoms with Gasteiger partial charge in [-0.05, 0) is 76.8 Å². The van der Waals surface area contributed by atoms with Crippen LogP contribution in [0.4, 0.5) is 11.4 Å². The molecule has 1 unspecified atom stereocenters. The third kappa shape index (κ3) is 4.87. The standard InChI is InChI=1S/C25H31N3O5S/c1-15(2)34(32,33)27-18-8-6-17(7-9-18)23(29)26-19-10-13-21-22(14-19)25(31)28(24(21)30)20-11-4-16(3)5-12-20/h4-5,10-15,17-18,23,26-27,29H,6-9H2,1-3H3/t17-,18-,23?. The quantitative estimate of drug-likeness (QED) is 0.409. The molecule has 2 aromatic rings. The van der Waals surface area contributed by atoms with Gasteiger partial charge in [-0.2, -0.15) is 0 Å². The van der Waals surface area contributed by atoms with Crippen molar-refractivity contribution in [3.8, 4) is 0 Å². The highest BCUT2D eigenvalue weighted by molar-refractivity contribution is 7.90. The maximum absolute atomic E-state index is 13.0. The fraction of sp³-hybridized carbons (Fsp3) is 0.440. The molecule has 8 nitrogen and oxygen atoms in total. The van der Waals surface area contributed by atoms with E-state index in [0.717, 1.165) is 5.56 Å². The van der Waals surface area contributed by atoms with Gasteiger partial charge in [0.15, 0.2) is 0 Å². The lowest BCUT2D eigenvalue weighted by molar-refractivity contribution is 0.0925. The second-order valence-electron chi connectivity index (χ2n) is 9.45. The number of amides is 2. The number of carbonyl (C=O) groups is 2. The van der Waals surface area contributed by atoms with E-state index in [1.807, 2.05) is 19.1 Å². The Morgan fingerprint density at radius 1 is 0.941 bits per heavy atom. The van der Waals surface area contributed by atoms with E-state index in [2.05, 4.69) is 10.0 Å². The molecule has 3 N–H and O–H groups in total. The number of aliphatic hydroxyl groups excluding tert-OH is 1. The van der Waals surface area contributed by atoms with E-state index in [4.69, 9.17) is 0 Å². The molecule has 1 fully saturated rings. The highest BCUT2D eigenvalue weighted by Crippen LogP contribution is 2.32. The number of aryl methyl sites for hydroxylation is 1. The van der Waals surface area contributed by atoms with Crippen molar-refractivity contribution >= 4 is 33.2 Å². The Balaban J connectivity index is 1.40. The number of hydrogen-bond donors (Lipinski definition) is 3. The second-order valence-corrected chi connectivity index (χ2v) is 11.7. The normalized spacial score (nSPS) is 21.6. The molecular formula is C25H31N3O5S. The van der Waals surface area contributed by atoms with Crippen LogP contribution in [0, 0.1) is 12.8 Å². The summed E-state index contributed by atoms with van der Waals surface area (Å²) in [5.41, 5.74) is 2.75. The van der Waals surface area contributed by atoms with Crippen molar-refractivity contribution in [3.63, 3.8) is 0 Å². The number of fused-ring (bicyclic) bond motifs is 1. The summed E-state index contributed by atoms with van der Waals surface area (Å²) < 4.78 is 27.0. The van der Waals surface area contributed by atoms with Crippen molar-refractivity contribution in [3.05, 3.63) is 59.2 Å². The minimum absolute atomic E-state index is 0.0468. The molecule has 34 heavy (non-hydrogen) atoms. The number of aliphatic hydroxyl groups is 1. The van der Waals surface area contributed by atoms with E-state index in [9.17, 15) is 23.1 Å². The maximum atomic E-state index is 13.0. The summed E-state index contributed by atoms with van der Waals surface area (Å²) in [7, 11) is -3.32. The summed E-state index contributed by atoms with van der Waals surface area (Å²) in [6.07, 6.45) is 1.79. The number of benzene rings is 2. The Morgan fingerprint density at radius 2 is 1.56 bits per heavy atom. The van der Waals surface area contributed by atoms with Gasteiger partial charge in [-0.15, -0.1) is 0 Å². The van der Waals surface area contributed by atoms with Crippen molar-refractivity contribution in [1.82, 2.24) is 4.72 Å². The van der Waals surface area contributed by atoms with E-state index in [1.165, 1.54) is 4.90 Å². The first kappa shape index (κ1) is 24.4. The summed E-state index contributed by atoms with van der Waals surface area (Å²) in [4.78, 5) is 27.0. The van der Waals surface area contributed by atoms with Gasteiger partial charge in [-0.1, -0.05) is 17.7 Å². The second kappa shape index (κ2) is 9.48. The summed E-state index contributed by atoms with van der Waals surface area (Å²) in [6.45, 7) is 5.24. The van der Waals surface area contributed by atoms with Crippen LogP contribution in [0.25, 0.3) is 0 Å². The SMILES string of the molecule is Cc1ccc(N2C(=O)c3ccc(NC(O)[C@H]4CC[C@H](NS(=O)(=O)C(C)C)CC4)cc3C2=O)cc1. The smallest absolute Gasteiger partial charge is 0.266 e. The third-order valence-electron chi connectivity index (χ3n) is 6.66. The molecule has 182 valence electrons. The van der Waals surface area contributed by atoms with E-state index in [-0.39, 0.29) is 23.8 Å². The lowest BCUT2D eigenvalue weighted by Gasteiger charge is -2.32. The van der Waals surface area contributed by atoms with Gasteiger partial charge in [0.1, 0.15) is 6.23 Å². The average molecular weight is 486 g/mol. The van der Waals surface area contributed by atoms with E-state index in [0.29, 0.717) is 48.2 Å². The van der Waals surface area contributed by atoms with E-state index < -0.39 is 21.5 Å². The number of nitrogens with one attached hydrogen (secondary N) is 2. The molecule has 2 amide bonds. The lowest BCUT2D eigenvalue weighted by Crippen LogP contribution is -2.43. The lowest BCUT2D eigenvalue weighted by atomic mass is 9.85. The Labute approximate surface area is 200 Å². The molecule has 1 saturated carbocycles. The van der Waals surface area contributed by atoms with E-state index >= 15 is 0 Å². The van der Waals surface area contributed by atoms with Crippen LogP contribution in [0.2, 0.25) is 0 Å². The zero-order valence-electron chi connectivity index (χ0n) is 19.6. The molecule has 1 aliphatic heterocycles. The molecule has 1 heterocycles. The Morgan fingerprint density at radius 3 is 2.18 bits per heavy atom. The largest absolute Gasteiger partial charge is 0.374 e. The molecule has 1 atom stereocenters.